The lowest BCUT2D eigenvalue weighted by Crippen LogP contribution is -2.40. The van der Waals surface area contributed by atoms with Crippen LogP contribution in [-0.2, 0) is 9.47 Å². The van der Waals surface area contributed by atoms with Gasteiger partial charge in [0.15, 0.2) is 0 Å². The number of carbonyl (C=O) groups is 1. The first-order valence-corrected chi connectivity index (χ1v) is 10.2. The lowest BCUT2D eigenvalue weighted by Gasteiger charge is -2.26. The molecule has 1 N–H and O–H groups in total. The molecule has 9 heteroatoms. The number of aryl methyl sites for hydroxylation is 1. The smallest absolute Gasteiger partial charge is 0.264 e. The van der Waals surface area contributed by atoms with Crippen molar-refractivity contribution >= 4 is 33.3 Å². The Hall–Kier alpha value is -1.81. The molecule has 2 saturated heterocycles. The topological polar surface area (TPSA) is 79.8 Å². The molecule has 0 radical (unpaired) electrons. The predicted molar refractivity (Wildman–Crippen MR) is 105 cm³/mol. The van der Waals surface area contributed by atoms with Gasteiger partial charge in [-0.2, -0.15) is 0 Å². The second-order valence-corrected chi connectivity index (χ2v) is 7.74. The van der Waals surface area contributed by atoms with Crippen LogP contribution in [0.25, 0.3) is 10.2 Å². The summed E-state index contributed by atoms with van der Waals surface area (Å²) in [6.07, 6.45) is 1.57. The summed E-state index contributed by atoms with van der Waals surface area (Å²) in [5.74, 6) is 0.876. The summed E-state index contributed by atoms with van der Waals surface area (Å²) in [5.41, 5.74) is 0.959. The van der Waals surface area contributed by atoms with Crippen LogP contribution in [0.5, 0.6) is 0 Å². The molecule has 2 fully saturated rings. The molecule has 0 aliphatic carbocycles. The van der Waals surface area contributed by atoms with Crippen LogP contribution in [0, 0.1) is 6.92 Å². The molecular weight excluding hydrogens is 366 g/mol. The van der Waals surface area contributed by atoms with Gasteiger partial charge >= 0.3 is 0 Å². The van der Waals surface area contributed by atoms with Gasteiger partial charge in [0.05, 0.1) is 36.7 Å². The van der Waals surface area contributed by atoms with Gasteiger partial charge < -0.3 is 19.7 Å². The van der Waals surface area contributed by atoms with Gasteiger partial charge in [-0.15, -0.1) is 11.3 Å². The first kappa shape index (κ1) is 18.5. The number of aromatic nitrogens is 2. The number of ether oxygens (including phenoxy) is 2. The number of anilines is 1. The molecule has 0 aromatic carbocycles. The summed E-state index contributed by atoms with van der Waals surface area (Å²) in [5, 5.41) is 4.40. The summed E-state index contributed by atoms with van der Waals surface area (Å²) in [4.78, 5) is 27.6. The second-order valence-electron chi connectivity index (χ2n) is 6.74. The Balaban J connectivity index is 1.50. The van der Waals surface area contributed by atoms with Crippen molar-refractivity contribution in [1.82, 2.24) is 19.8 Å². The highest BCUT2D eigenvalue weighted by atomic mass is 32.1. The van der Waals surface area contributed by atoms with Crippen molar-refractivity contribution in [2.75, 3.05) is 71.0 Å². The lowest BCUT2D eigenvalue weighted by atomic mass is 10.2. The van der Waals surface area contributed by atoms with Gasteiger partial charge in [0.25, 0.3) is 5.91 Å². The van der Waals surface area contributed by atoms with Crippen molar-refractivity contribution in [2.45, 2.75) is 6.92 Å². The highest BCUT2D eigenvalue weighted by Gasteiger charge is 2.25. The summed E-state index contributed by atoms with van der Waals surface area (Å²) in [6.45, 7) is 9.75. The Morgan fingerprint density at radius 2 is 1.85 bits per heavy atom. The number of amides is 1. The lowest BCUT2D eigenvalue weighted by molar-refractivity contribution is 0.0306. The number of fused-ring (bicyclic) bond motifs is 1. The van der Waals surface area contributed by atoms with E-state index in [0.717, 1.165) is 65.9 Å². The van der Waals surface area contributed by atoms with Gasteiger partial charge in [0.1, 0.15) is 17.0 Å². The third-order valence-corrected chi connectivity index (χ3v) is 6.23. The van der Waals surface area contributed by atoms with Crippen LogP contribution in [0.4, 0.5) is 5.82 Å². The van der Waals surface area contributed by atoms with E-state index in [0.29, 0.717) is 26.3 Å². The summed E-state index contributed by atoms with van der Waals surface area (Å²) < 4.78 is 10.7. The van der Waals surface area contributed by atoms with Gasteiger partial charge in [-0.05, 0) is 12.5 Å². The molecule has 0 unspecified atom stereocenters. The number of rotatable bonds is 5. The zero-order valence-electron chi connectivity index (χ0n) is 15.6. The van der Waals surface area contributed by atoms with Gasteiger partial charge in [0, 0.05) is 39.3 Å². The normalized spacial score (nSPS) is 18.8. The van der Waals surface area contributed by atoms with Crippen molar-refractivity contribution in [3.63, 3.8) is 0 Å². The van der Waals surface area contributed by atoms with Crippen LogP contribution in [0.3, 0.4) is 0 Å². The largest absolute Gasteiger partial charge is 0.379 e. The van der Waals surface area contributed by atoms with E-state index < -0.39 is 0 Å². The number of nitrogens with zero attached hydrogens (tertiary/aromatic N) is 4. The van der Waals surface area contributed by atoms with Crippen LogP contribution in [0.1, 0.15) is 15.2 Å². The highest BCUT2D eigenvalue weighted by molar-refractivity contribution is 7.20. The molecular formula is C18H25N5O3S. The van der Waals surface area contributed by atoms with Crippen molar-refractivity contribution in [1.29, 1.82) is 0 Å². The van der Waals surface area contributed by atoms with Gasteiger partial charge in [-0.25, -0.2) is 9.97 Å². The molecule has 0 saturated carbocycles. The van der Waals surface area contributed by atoms with Gasteiger partial charge in [0.2, 0.25) is 0 Å². The van der Waals surface area contributed by atoms with Gasteiger partial charge in [-0.3, -0.25) is 9.69 Å². The van der Waals surface area contributed by atoms with Crippen LogP contribution in [0.2, 0.25) is 0 Å². The van der Waals surface area contributed by atoms with E-state index in [1.54, 1.807) is 6.33 Å². The maximum absolute atomic E-state index is 12.9. The first-order valence-electron chi connectivity index (χ1n) is 9.39. The summed E-state index contributed by atoms with van der Waals surface area (Å²) in [6, 6.07) is 0. The van der Waals surface area contributed by atoms with E-state index in [-0.39, 0.29) is 5.91 Å². The quantitative estimate of drug-likeness (QED) is 0.821. The molecule has 146 valence electrons. The van der Waals surface area contributed by atoms with E-state index in [1.165, 1.54) is 11.3 Å². The molecule has 2 aromatic heterocycles. The number of morpholine rings is 2. The number of nitrogens with one attached hydrogen (secondary N) is 1. The number of thiophene rings is 1. The van der Waals surface area contributed by atoms with Gasteiger partial charge in [-0.1, -0.05) is 0 Å². The van der Waals surface area contributed by atoms with Crippen molar-refractivity contribution < 1.29 is 14.3 Å². The fourth-order valence-electron chi connectivity index (χ4n) is 3.48. The van der Waals surface area contributed by atoms with E-state index in [9.17, 15) is 4.79 Å². The molecule has 4 rings (SSSR count). The predicted octanol–water partition coefficient (Wildman–Crippen LogP) is 1.22. The van der Waals surface area contributed by atoms with E-state index in [1.807, 2.05) is 11.8 Å². The number of carbonyl (C=O) groups excluding carboxylic acids is 1. The average molecular weight is 391 g/mol. The minimum Gasteiger partial charge on any atom is -0.379 e. The van der Waals surface area contributed by atoms with Crippen LogP contribution >= 0.6 is 11.3 Å². The molecule has 1 amide bonds. The molecule has 2 aromatic rings. The van der Waals surface area contributed by atoms with Crippen molar-refractivity contribution in [2.24, 2.45) is 0 Å². The average Bonchev–Trinajstić information content (AvgIpc) is 3.06. The van der Waals surface area contributed by atoms with Crippen molar-refractivity contribution in [3.8, 4) is 0 Å². The molecule has 2 aliphatic heterocycles. The molecule has 8 nitrogen and oxygen atoms in total. The van der Waals surface area contributed by atoms with Crippen LogP contribution in [0.15, 0.2) is 6.33 Å². The Kier molecular flexibility index (Phi) is 5.82. The zero-order valence-corrected chi connectivity index (χ0v) is 16.4. The molecule has 0 spiro atoms. The van der Waals surface area contributed by atoms with E-state index >= 15 is 0 Å². The molecule has 2 aliphatic rings. The number of hydrogen-bond acceptors (Lipinski definition) is 8. The molecule has 27 heavy (non-hydrogen) atoms. The number of hydrogen-bond donors (Lipinski definition) is 1. The summed E-state index contributed by atoms with van der Waals surface area (Å²) in [7, 11) is 0. The Morgan fingerprint density at radius 3 is 2.59 bits per heavy atom. The van der Waals surface area contributed by atoms with Crippen LogP contribution < -0.4 is 5.32 Å². The monoisotopic (exact) mass is 391 g/mol. The second kappa shape index (κ2) is 8.47. The SMILES string of the molecule is Cc1c(C(=O)N2CCOCC2)sc2ncnc(NCCN3CCOCC3)c12. The minimum absolute atomic E-state index is 0.0677. The molecule has 0 bridgehead atoms. The van der Waals surface area contributed by atoms with Crippen LogP contribution in [-0.4, -0.2) is 91.4 Å². The maximum Gasteiger partial charge on any atom is 0.264 e. The van der Waals surface area contributed by atoms with E-state index in [4.69, 9.17) is 9.47 Å². The zero-order chi connectivity index (χ0) is 18.6. The highest BCUT2D eigenvalue weighted by Crippen LogP contribution is 2.34. The Morgan fingerprint density at radius 1 is 1.15 bits per heavy atom. The van der Waals surface area contributed by atoms with Crippen molar-refractivity contribution in [3.05, 3.63) is 16.8 Å². The fourth-order valence-corrected chi connectivity index (χ4v) is 4.59. The third-order valence-electron chi connectivity index (χ3n) is 5.04. The fraction of sp³-hybridized carbons (Fsp3) is 0.611. The Bertz CT molecular complexity index is 800. The minimum atomic E-state index is 0.0677. The summed E-state index contributed by atoms with van der Waals surface area (Å²) >= 11 is 1.45. The standard InChI is InChI=1S/C18H25N5O3S/c1-13-14-16(19-2-3-22-4-8-25-9-5-22)20-12-21-17(14)27-15(13)18(24)23-6-10-26-11-7-23/h12H,2-11H2,1H3,(H,19,20,21). The third kappa shape index (κ3) is 4.06. The molecule has 0 atom stereocenters. The molecule has 4 heterocycles. The van der Waals surface area contributed by atoms with E-state index in [2.05, 4.69) is 20.2 Å². The first-order chi connectivity index (χ1) is 13.2. The Labute approximate surface area is 162 Å². The maximum atomic E-state index is 12.9.